The molecule has 2 aliphatic rings. The highest BCUT2D eigenvalue weighted by Crippen LogP contribution is 2.37. The molecule has 0 saturated carbocycles. The Kier molecular flexibility index (Phi) is 4.95. The average molecular weight is 437 g/mol. The number of para-hydroxylation sites is 1. The summed E-state index contributed by atoms with van der Waals surface area (Å²) in [4.78, 5) is 2.59. The van der Waals surface area contributed by atoms with E-state index in [0.717, 1.165) is 36.2 Å². The van der Waals surface area contributed by atoms with Gasteiger partial charge in [-0.3, -0.25) is 4.90 Å². The van der Waals surface area contributed by atoms with Crippen LogP contribution in [0.4, 0.5) is 5.82 Å². The van der Waals surface area contributed by atoms with Gasteiger partial charge in [-0.25, -0.2) is 4.68 Å². The number of nitrogens with zero attached hydrogens (tertiary/aromatic N) is 3. The van der Waals surface area contributed by atoms with Gasteiger partial charge in [-0.15, -0.1) is 0 Å². The summed E-state index contributed by atoms with van der Waals surface area (Å²) >= 11 is 3.70. The molecular formula is C23H25BrN4. The van der Waals surface area contributed by atoms with E-state index >= 15 is 0 Å². The van der Waals surface area contributed by atoms with Crippen molar-refractivity contribution >= 4 is 21.7 Å². The first-order chi connectivity index (χ1) is 13.8. The van der Waals surface area contributed by atoms with Crippen molar-refractivity contribution in [1.29, 1.82) is 0 Å². The van der Waals surface area contributed by atoms with E-state index in [1.165, 1.54) is 42.0 Å². The monoisotopic (exact) mass is 436 g/mol. The number of anilines is 1. The Balaban J connectivity index is 1.43. The predicted octanol–water partition coefficient (Wildman–Crippen LogP) is 4.98. The number of hydrogen-bond acceptors (Lipinski definition) is 3. The highest BCUT2D eigenvalue weighted by molar-refractivity contribution is 9.10. The molecule has 3 heterocycles. The van der Waals surface area contributed by atoms with Crippen molar-refractivity contribution < 1.29 is 0 Å². The lowest BCUT2D eigenvalue weighted by atomic mass is 9.91. The van der Waals surface area contributed by atoms with Crippen LogP contribution in [0.2, 0.25) is 0 Å². The molecule has 144 valence electrons. The first kappa shape index (κ1) is 18.0. The Morgan fingerprint density at radius 1 is 1.07 bits per heavy atom. The van der Waals surface area contributed by atoms with E-state index in [9.17, 15) is 0 Å². The van der Waals surface area contributed by atoms with E-state index in [1.54, 1.807) is 0 Å². The maximum absolute atomic E-state index is 5.13. The molecule has 0 amide bonds. The first-order valence-electron chi connectivity index (χ1n) is 10.2. The van der Waals surface area contributed by atoms with Crippen molar-refractivity contribution in [2.24, 2.45) is 0 Å². The summed E-state index contributed by atoms with van der Waals surface area (Å²) in [5.41, 5.74) is 5.22. The fourth-order valence-corrected chi connectivity index (χ4v) is 5.04. The van der Waals surface area contributed by atoms with E-state index in [2.05, 4.69) is 79.4 Å². The van der Waals surface area contributed by atoms with Gasteiger partial charge in [0.2, 0.25) is 0 Å². The predicted molar refractivity (Wildman–Crippen MR) is 117 cm³/mol. The second kappa shape index (κ2) is 7.72. The molecule has 0 bridgehead atoms. The number of rotatable bonds is 4. The fraction of sp³-hybridized carbons (Fsp3) is 0.348. The van der Waals surface area contributed by atoms with Crippen LogP contribution in [-0.4, -0.2) is 34.3 Å². The molecule has 28 heavy (non-hydrogen) atoms. The quantitative estimate of drug-likeness (QED) is 0.625. The molecule has 1 N–H and O–H groups in total. The van der Waals surface area contributed by atoms with Gasteiger partial charge >= 0.3 is 0 Å². The summed E-state index contributed by atoms with van der Waals surface area (Å²) in [6.45, 7) is 4.30. The maximum Gasteiger partial charge on any atom is 0.133 e. The van der Waals surface area contributed by atoms with Gasteiger partial charge in [0.05, 0.1) is 11.4 Å². The molecule has 1 saturated heterocycles. The van der Waals surface area contributed by atoms with Crippen LogP contribution in [0, 0.1) is 0 Å². The number of fused-ring (bicyclic) bond motifs is 1. The molecular weight excluding hydrogens is 412 g/mol. The molecule has 0 spiro atoms. The third-order valence-corrected chi connectivity index (χ3v) is 6.57. The van der Waals surface area contributed by atoms with Crippen LogP contribution in [-0.2, 0) is 13.0 Å². The normalized spacial score (nSPS) is 19.4. The van der Waals surface area contributed by atoms with Gasteiger partial charge in [0.25, 0.3) is 0 Å². The van der Waals surface area contributed by atoms with Crippen LogP contribution in [0.25, 0.3) is 5.69 Å². The molecule has 1 unspecified atom stereocenters. The number of benzene rings is 2. The summed E-state index contributed by atoms with van der Waals surface area (Å²) in [6.07, 6.45) is 3.54. The smallest absolute Gasteiger partial charge is 0.133 e. The SMILES string of the molecule is Brc1ccccc1-n1nc(C2CCCN(Cc3ccccc3)C2)c2c1NCC2. The highest BCUT2D eigenvalue weighted by atomic mass is 79.9. The van der Waals surface area contributed by atoms with Gasteiger partial charge < -0.3 is 5.32 Å². The number of halogens is 1. The molecule has 2 aliphatic heterocycles. The third kappa shape index (κ3) is 3.38. The number of aromatic nitrogens is 2. The molecule has 3 aromatic rings. The van der Waals surface area contributed by atoms with Gasteiger partial charge in [-0.05, 0) is 59.4 Å². The van der Waals surface area contributed by atoms with Gasteiger partial charge in [-0.2, -0.15) is 5.10 Å². The van der Waals surface area contributed by atoms with Crippen molar-refractivity contribution in [1.82, 2.24) is 14.7 Å². The Morgan fingerprint density at radius 3 is 2.75 bits per heavy atom. The Morgan fingerprint density at radius 2 is 1.89 bits per heavy atom. The van der Waals surface area contributed by atoms with Crippen molar-refractivity contribution in [2.75, 3.05) is 25.0 Å². The number of nitrogens with one attached hydrogen (secondary N) is 1. The van der Waals surface area contributed by atoms with E-state index in [1.807, 2.05) is 6.07 Å². The summed E-state index contributed by atoms with van der Waals surface area (Å²) < 4.78 is 3.19. The van der Waals surface area contributed by atoms with Crippen molar-refractivity contribution in [2.45, 2.75) is 31.7 Å². The van der Waals surface area contributed by atoms with E-state index in [4.69, 9.17) is 5.10 Å². The molecule has 5 heteroatoms. The van der Waals surface area contributed by atoms with Crippen molar-refractivity contribution in [3.63, 3.8) is 0 Å². The Hall–Kier alpha value is -2.11. The summed E-state index contributed by atoms with van der Waals surface area (Å²) in [6, 6.07) is 19.2. The summed E-state index contributed by atoms with van der Waals surface area (Å²) in [7, 11) is 0. The van der Waals surface area contributed by atoms with Crippen LogP contribution < -0.4 is 5.32 Å². The molecule has 1 fully saturated rings. The highest BCUT2D eigenvalue weighted by Gasteiger charge is 2.31. The first-order valence-corrected chi connectivity index (χ1v) is 11.0. The van der Waals surface area contributed by atoms with Gasteiger partial charge in [0.15, 0.2) is 0 Å². The lowest BCUT2D eigenvalue weighted by molar-refractivity contribution is 0.198. The van der Waals surface area contributed by atoms with Gasteiger partial charge in [0, 0.05) is 35.6 Å². The van der Waals surface area contributed by atoms with Gasteiger partial charge in [0.1, 0.15) is 5.82 Å². The van der Waals surface area contributed by atoms with Crippen molar-refractivity contribution in [3.05, 3.63) is 75.9 Å². The Labute approximate surface area is 174 Å². The van der Waals surface area contributed by atoms with E-state index in [-0.39, 0.29) is 0 Å². The molecule has 1 aromatic heterocycles. The largest absolute Gasteiger partial charge is 0.369 e. The zero-order valence-corrected chi connectivity index (χ0v) is 17.5. The maximum atomic E-state index is 5.13. The summed E-state index contributed by atoms with van der Waals surface area (Å²) in [5, 5.41) is 8.70. The molecule has 5 rings (SSSR count). The molecule has 0 aliphatic carbocycles. The zero-order valence-electron chi connectivity index (χ0n) is 15.9. The molecule has 4 nitrogen and oxygen atoms in total. The van der Waals surface area contributed by atoms with E-state index < -0.39 is 0 Å². The summed E-state index contributed by atoms with van der Waals surface area (Å²) in [5.74, 6) is 1.69. The van der Waals surface area contributed by atoms with Crippen LogP contribution in [0.5, 0.6) is 0 Å². The number of likely N-dealkylation sites (tertiary alicyclic amines) is 1. The average Bonchev–Trinajstić information content (AvgIpc) is 3.32. The van der Waals surface area contributed by atoms with Crippen LogP contribution in [0.1, 0.15) is 35.6 Å². The topological polar surface area (TPSA) is 33.1 Å². The second-order valence-corrected chi connectivity index (χ2v) is 8.67. The standard InChI is InChI=1S/C23H25BrN4/c24-20-10-4-5-11-21(20)28-23-19(12-13-25-23)22(26-28)18-9-6-14-27(16-18)15-17-7-2-1-3-8-17/h1-5,7-8,10-11,18,25H,6,9,12-16H2. The third-order valence-electron chi connectivity index (χ3n) is 5.90. The minimum absolute atomic E-state index is 0.509. The lowest BCUT2D eigenvalue weighted by Crippen LogP contribution is -2.34. The van der Waals surface area contributed by atoms with Crippen LogP contribution >= 0.6 is 15.9 Å². The fourth-order valence-electron chi connectivity index (χ4n) is 4.59. The molecule has 1 atom stereocenters. The molecule has 2 aromatic carbocycles. The van der Waals surface area contributed by atoms with Crippen LogP contribution in [0.15, 0.2) is 59.1 Å². The number of hydrogen-bond donors (Lipinski definition) is 1. The zero-order chi connectivity index (χ0) is 18.9. The second-order valence-electron chi connectivity index (χ2n) is 7.81. The van der Waals surface area contributed by atoms with Crippen LogP contribution in [0.3, 0.4) is 0 Å². The number of piperidine rings is 1. The minimum atomic E-state index is 0.509. The Bertz CT molecular complexity index is 966. The lowest BCUT2D eigenvalue weighted by Gasteiger charge is -2.32. The van der Waals surface area contributed by atoms with Gasteiger partial charge in [-0.1, -0.05) is 42.5 Å². The van der Waals surface area contributed by atoms with Crippen molar-refractivity contribution in [3.8, 4) is 5.69 Å². The minimum Gasteiger partial charge on any atom is -0.369 e. The molecule has 0 radical (unpaired) electrons. The van der Waals surface area contributed by atoms with E-state index in [0.29, 0.717) is 5.92 Å².